The van der Waals surface area contributed by atoms with Gasteiger partial charge in [-0.05, 0) is 24.7 Å². The Kier molecular flexibility index (Phi) is 3.60. The van der Waals surface area contributed by atoms with Crippen LogP contribution in [0.2, 0.25) is 0 Å². The first-order valence-corrected chi connectivity index (χ1v) is 7.27. The number of anilines is 1. The first-order chi connectivity index (χ1) is 10.9. The highest BCUT2D eigenvalue weighted by atomic mass is 32.1. The van der Waals surface area contributed by atoms with E-state index >= 15 is 0 Å². The number of H-pyrrole nitrogens is 1. The van der Waals surface area contributed by atoms with Crippen LogP contribution < -0.4 is 10.7 Å². The number of nitrogens with zero attached hydrogens (tertiary/aromatic N) is 4. The van der Waals surface area contributed by atoms with Crippen LogP contribution in [0.3, 0.4) is 0 Å². The number of aromatic nitrogens is 3. The van der Waals surface area contributed by atoms with Crippen molar-refractivity contribution in [2.24, 2.45) is 0 Å². The average molecular weight is 334 g/mol. The third kappa shape index (κ3) is 2.57. The van der Waals surface area contributed by atoms with E-state index in [1.54, 1.807) is 13.0 Å². The van der Waals surface area contributed by atoms with Crippen molar-refractivity contribution in [2.75, 3.05) is 17.3 Å². The van der Waals surface area contributed by atoms with Crippen molar-refractivity contribution in [3.05, 3.63) is 44.5 Å². The Morgan fingerprint density at radius 3 is 2.87 bits per heavy atom. The fraction of sp³-hybridized carbons (Fsp3) is 0.308. The van der Waals surface area contributed by atoms with Crippen molar-refractivity contribution in [1.29, 1.82) is 0 Å². The zero-order valence-electron chi connectivity index (χ0n) is 12.2. The number of nitrogens with one attached hydrogen (secondary N) is 1. The Morgan fingerprint density at radius 2 is 2.26 bits per heavy atom. The van der Waals surface area contributed by atoms with Crippen molar-refractivity contribution in [3.63, 3.8) is 0 Å². The number of carbonyl (C=O) groups is 1. The quantitative estimate of drug-likeness (QED) is 0.378. The van der Waals surface area contributed by atoms with Crippen LogP contribution in [0.1, 0.15) is 23.7 Å². The first-order valence-electron chi connectivity index (χ1n) is 6.86. The number of nitrogens with two attached hydrogens (primary N) is 1. The van der Waals surface area contributed by atoms with Crippen LogP contribution in [-0.4, -0.2) is 32.2 Å². The number of nitro benzene ring substituents is 1. The van der Waals surface area contributed by atoms with Crippen LogP contribution in [0.5, 0.6) is 0 Å². The molecule has 0 radical (unpaired) electrons. The summed E-state index contributed by atoms with van der Waals surface area (Å²) in [6, 6.07) is 4.46. The Hall–Kier alpha value is -2.75. The molecule has 3 rings (SSSR count). The molecule has 1 aliphatic heterocycles. The van der Waals surface area contributed by atoms with Crippen LogP contribution in [0, 0.1) is 21.8 Å². The minimum Gasteiger partial charge on any atom is -0.335 e. The lowest BCUT2D eigenvalue weighted by atomic mass is 10.1. The molecule has 10 heteroatoms. The van der Waals surface area contributed by atoms with E-state index < -0.39 is 4.92 Å². The maximum Gasteiger partial charge on any atom is 0.271 e. The molecule has 9 nitrogen and oxygen atoms in total. The van der Waals surface area contributed by atoms with E-state index in [1.807, 2.05) is 0 Å². The third-order valence-electron chi connectivity index (χ3n) is 3.92. The summed E-state index contributed by atoms with van der Waals surface area (Å²) in [6.07, 6.45) is 0.221. The molecular weight excluding hydrogens is 320 g/mol. The molecular formula is C13H14N6O3S. The van der Waals surface area contributed by atoms with Crippen molar-refractivity contribution in [1.82, 2.24) is 14.9 Å². The van der Waals surface area contributed by atoms with Gasteiger partial charge < -0.3 is 10.7 Å². The number of amides is 1. The Bertz CT molecular complexity index is 858. The lowest BCUT2D eigenvalue weighted by molar-refractivity contribution is -0.384. The maximum atomic E-state index is 12.4. The van der Waals surface area contributed by atoms with Gasteiger partial charge in [0.25, 0.3) is 5.69 Å². The number of aryl methyl sites for hydroxylation is 1. The number of benzene rings is 1. The smallest absolute Gasteiger partial charge is 0.271 e. The normalized spacial score (nSPS) is 17.7. The van der Waals surface area contributed by atoms with Gasteiger partial charge in [0.05, 0.1) is 10.6 Å². The number of rotatable bonds is 3. The summed E-state index contributed by atoms with van der Waals surface area (Å²) in [7, 11) is 0. The van der Waals surface area contributed by atoms with Crippen LogP contribution in [0.15, 0.2) is 18.2 Å². The number of nitro groups is 1. The fourth-order valence-corrected chi connectivity index (χ4v) is 2.86. The molecule has 1 fully saturated rings. The van der Waals surface area contributed by atoms with Gasteiger partial charge in [-0.2, -0.15) is 5.10 Å². The zero-order chi connectivity index (χ0) is 16.7. The lowest BCUT2D eigenvalue weighted by Crippen LogP contribution is -2.25. The molecule has 3 N–H and O–H groups in total. The summed E-state index contributed by atoms with van der Waals surface area (Å²) in [5.74, 6) is 5.94. The number of aromatic amines is 1. The zero-order valence-corrected chi connectivity index (χ0v) is 13.0. The van der Waals surface area contributed by atoms with Gasteiger partial charge in [0.1, 0.15) is 0 Å². The number of hydrogen-bond donors (Lipinski definition) is 2. The van der Waals surface area contributed by atoms with Gasteiger partial charge >= 0.3 is 0 Å². The molecule has 0 spiro atoms. The summed E-state index contributed by atoms with van der Waals surface area (Å²) in [5, 5.41) is 17.6. The first kappa shape index (κ1) is 15.2. The van der Waals surface area contributed by atoms with E-state index in [4.69, 9.17) is 18.1 Å². The highest BCUT2D eigenvalue weighted by Crippen LogP contribution is 2.34. The van der Waals surface area contributed by atoms with E-state index in [0.29, 0.717) is 18.1 Å². The van der Waals surface area contributed by atoms with E-state index in [2.05, 4.69) is 10.2 Å². The van der Waals surface area contributed by atoms with E-state index in [0.717, 1.165) is 5.56 Å². The average Bonchev–Trinajstić information content (AvgIpc) is 3.03. The lowest BCUT2D eigenvalue weighted by Gasteiger charge is -2.18. The molecule has 1 saturated heterocycles. The second-order valence-electron chi connectivity index (χ2n) is 5.39. The van der Waals surface area contributed by atoms with Crippen molar-refractivity contribution < 1.29 is 9.72 Å². The van der Waals surface area contributed by atoms with E-state index in [9.17, 15) is 14.9 Å². The van der Waals surface area contributed by atoms with Gasteiger partial charge in [0.2, 0.25) is 10.7 Å². The number of non-ortho nitro benzene ring substituents is 1. The minimum absolute atomic E-state index is 0.0525. The molecule has 1 aromatic carbocycles. The van der Waals surface area contributed by atoms with Gasteiger partial charge in [0, 0.05) is 31.0 Å². The SMILES string of the molecule is Cc1ccc([N+](=O)[O-])cc1N1CC(c2n[nH]c(=S)n2N)CC1=O. The number of nitrogen functional groups attached to an aromatic ring is 1. The van der Waals surface area contributed by atoms with E-state index in [1.165, 1.54) is 21.7 Å². The Balaban J connectivity index is 1.95. The van der Waals surface area contributed by atoms with Gasteiger partial charge in [-0.3, -0.25) is 20.0 Å². The van der Waals surface area contributed by atoms with Gasteiger partial charge in [0.15, 0.2) is 5.82 Å². The molecule has 120 valence electrons. The Morgan fingerprint density at radius 1 is 1.52 bits per heavy atom. The molecule has 0 bridgehead atoms. The summed E-state index contributed by atoms with van der Waals surface area (Å²) < 4.78 is 1.52. The Labute approximate surface area is 135 Å². The second-order valence-corrected chi connectivity index (χ2v) is 5.78. The predicted molar refractivity (Wildman–Crippen MR) is 85.1 cm³/mol. The minimum atomic E-state index is -0.480. The summed E-state index contributed by atoms with van der Waals surface area (Å²) in [6.45, 7) is 2.15. The monoisotopic (exact) mass is 334 g/mol. The molecule has 1 aliphatic rings. The van der Waals surface area contributed by atoms with Gasteiger partial charge in [-0.25, -0.2) is 4.68 Å². The molecule has 0 aliphatic carbocycles. The molecule has 2 heterocycles. The highest BCUT2D eigenvalue weighted by molar-refractivity contribution is 7.71. The van der Waals surface area contributed by atoms with Crippen LogP contribution in [-0.2, 0) is 4.79 Å². The van der Waals surface area contributed by atoms with Gasteiger partial charge in [-0.15, -0.1) is 0 Å². The van der Waals surface area contributed by atoms with Crippen LogP contribution in [0.25, 0.3) is 0 Å². The summed E-state index contributed by atoms with van der Waals surface area (Å²) in [5.41, 5.74) is 1.27. The van der Waals surface area contributed by atoms with E-state index in [-0.39, 0.29) is 28.7 Å². The molecule has 1 aromatic heterocycles. The molecule has 1 unspecified atom stereocenters. The fourth-order valence-electron chi connectivity index (χ4n) is 2.72. The molecule has 0 saturated carbocycles. The van der Waals surface area contributed by atoms with Crippen molar-refractivity contribution in [3.8, 4) is 0 Å². The molecule has 1 amide bonds. The molecule has 2 aromatic rings. The molecule has 23 heavy (non-hydrogen) atoms. The number of carbonyl (C=O) groups excluding carboxylic acids is 1. The highest BCUT2D eigenvalue weighted by Gasteiger charge is 2.35. The van der Waals surface area contributed by atoms with Crippen LogP contribution in [0.4, 0.5) is 11.4 Å². The predicted octanol–water partition coefficient (Wildman–Crippen LogP) is 1.39. The standard InChI is InChI=1S/C13H14N6O3S/c1-7-2-3-9(19(21)22)5-10(7)17-6-8(4-11(17)20)12-15-16-13(23)18(12)14/h2-3,5,8H,4,6,14H2,1H3,(H,16,23). The summed E-state index contributed by atoms with van der Waals surface area (Å²) in [4.78, 5) is 24.4. The van der Waals surface area contributed by atoms with Gasteiger partial charge in [-0.1, -0.05) is 6.07 Å². The topological polar surface area (TPSA) is 123 Å². The number of hydrogen-bond acceptors (Lipinski definition) is 6. The molecule has 1 atom stereocenters. The van der Waals surface area contributed by atoms with Crippen molar-refractivity contribution in [2.45, 2.75) is 19.3 Å². The maximum absolute atomic E-state index is 12.4. The largest absolute Gasteiger partial charge is 0.335 e. The third-order valence-corrected chi connectivity index (χ3v) is 4.20. The van der Waals surface area contributed by atoms with Crippen LogP contribution >= 0.6 is 12.2 Å². The van der Waals surface area contributed by atoms with Crippen molar-refractivity contribution >= 4 is 29.5 Å². The summed E-state index contributed by atoms with van der Waals surface area (Å²) >= 11 is 4.97. The second kappa shape index (κ2) is 5.47.